The predicted molar refractivity (Wildman–Crippen MR) is 75.5 cm³/mol. The minimum absolute atomic E-state index is 0.0119. The van der Waals surface area contributed by atoms with Crippen LogP contribution in [0.1, 0.15) is 15.9 Å². The van der Waals surface area contributed by atoms with Gasteiger partial charge in [0.15, 0.2) is 0 Å². The summed E-state index contributed by atoms with van der Waals surface area (Å²) in [6.45, 7) is 0.293. The van der Waals surface area contributed by atoms with Gasteiger partial charge in [-0.1, -0.05) is 15.9 Å². The van der Waals surface area contributed by atoms with E-state index < -0.39 is 12.0 Å². The molecule has 20 heavy (non-hydrogen) atoms. The molecule has 4 N–H and O–H groups in total. The second-order valence-electron chi connectivity index (χ2n) is 3.91. The number of nitrogens with zero attached hydrogens (tertiary/aromatic N) is 1. The number of halogens is 1. The molecule has 0 saturated carbocycles. The number of amides is 2. The maximum atomic E-state index is 11.7. The summed E-state index contributed by atoms with van der Waals surface area (Å²) in [5, 5.41) is 20.6. The summed E-state index contributed by atoms with van der Waals surface area (Å²) in [6, 6.07) is 4.10. The van der Waals surface area contributed by atoms with Crippen molar-refractivity contribution in [3.05, 3.63) is 46.2 Å². The lowest BCUT2D eigenvalue weighted by atomic mass is 10.2. The van der Waals surface area contributed by atoms with Crippen molar-refractivity contribution in [1.82, 2.24) is 15.5 Å². The van der Waals surface area contributed by atoms with E-state index >= 15 is 0 Å². The molecule has 0 aliphatic heterocycles. The standard InChI is InChI=1S/C12H11BrN4O3/c13-8-1-2-10(9(3-8)11(18)19)17-12(20)14-4-7-5-15-16-6-7/h1-3,5-6H,4H2,(H,15,16)(H,18,19)(H2,14,17,20). The summed E-state index contributed by atoms with van der Waals surface area (Å²) in [4.78, 5) is 22.8. The number of anilines is 1. The number of H-pyrrole nitrogens is 1. The van der Waals surface area contributed by atoms with Crippen molar-refractivity contribution in [2.45, 2.75) is 6.54 Å². The Bertz CT molecular complexity index is 628. The van der Waals surface area contributed by atoms with Crippen LogP contribution in [0.25, 0.3) is 0 Å². The maximum Gasteiger partial charge on any atom is 0.337 e. The third kappa shape index (κ3) is 3.58. The Labute approximate surface area is 122 Å². The molecule has 0 fully saturated rings. The molecule has 0 saturated heterocycles. The van der Waals surface area contributed by atoms with Crippen molar-refractivity contribution in [2.75, 3.05) is 5.32 Å². The van der Waals surface area contributed by atoms with Gasteiger partial charge in [-0.2, -0.15) is 5.10 Å². The maximum absolute atomic E-state index is 11.7. The van der Waals surface area contributed by atoms with Crippen molar-refractivity contribution in [3.8, 4) is 0 Å². The van der Waals surface area contributed by atoms with Crippen molar-refractivity contribution >= 4 is 33.6 Å². The van der Waals surface area contributed by atoms with Crippen LogP contribution in [0.2, 0.25) is 0 Å². The molecule has 0 unspecified atom stereocenters. The SMILES string of the molecule is O=C(NCc1cn[nH]c1)Nc1ccc(Br)cc1C(=O)O. The van der Waals surface area contributed by atoms with Gasteiger partial charge in [-0.25, -0.2) is 9.59 Å². The first-order valence-corrected chi connectivity index (χ1v) is 6.41. The molecular weight excluding hydrogens is 328 g/mol. The molecule has 2 aromatic rings. The number of hydrogen-bond acceptors (Lipinski definition) is 3. The van der Waals surface area contributed by atoms with Gasteiger partial charge in [-0.3, -0.25) is 5.10 Å². The molecule has 0 aliphatic carbocycles. The van der Waals surface area contributed by atoms with Crippen LogP contribution in [0.15, 0.2) is 35.1 Å². The number of carbonyl (C=O) groups excluding carboxylic acids is 1. The number of urea groups is 1. The van der Waals surface area contributed by atoms with Crippen molar-refractivity contribution < 1.29 is 14.7 Å². The van der Waals surface area contributed by atoms with Crippen LogP contribution in [0.4, 0.5) is 10.5 Å². The summed E-state index contributed by atoms with van der Waals surface area (Å²) in [5.74, 6) is -1.11. The Balaban J connectivity index is 2.02. The van der Waals surface area contributed by atoms with Crippen molar-refractivity contribution in [2.24, 2.45) is 0 Å². The molecule has 1 aromatic carbocycles. The monoisotopic (exact) mass is 338 g/mol. The van der Waals surface area contributed by atoms with E-state index in [2.05, 4.69) is 36.8 Å². The molecule has 2 rings (SSSR count). The summed E-state index contributed by atoms with van der Waals surface area (Å²) in [5.41, 5.74) is 1.05. The molecule has 0 bridgehead atoms. The van der Waals surface area contributed by atoms with Gasteiger partial charge in [-0.05, 0) is 18.2 Å². The molecule has 0 radical (unpaired) electrons. The van der Waals surface area contributed by atoms with E-state index in [1.807, 2.05) is 0 Å². The number of rotatable bonds is 4. The molecule has 1 heterocycles. The number of carboxylic acids is 1. The number of hydrogen-bond donors (Lipinski definition) is 4. The van der Waals surface area contributed by atoms with Gasteiger partial charge in [0.2, 0.25) is 0 Å². The highest BCUT2D eigenvalue weighted by Gasteiger charge is 2.12. The van der Waals surface area contributed by atoms with E-state index in [1.54, 1.807) is 18.5 Å². The first-order chi connectivity index (χ1) is 9.56. The third-order valence-corrected chi connectivity index (χ3v) is 2.96. The normalized spacial score (nSPS) is 10.1. The van der Waals surface area contributed by atoms with Crippen LogP contribution in [-0.4, -0.2) is 27.3 Å². The molecule has 104 valence electrons. The predicted octanol–water partition coefficient (Wildman–Crippen LogP) is 2.19. The Kier molecular flexibility index (Phi) is 4.36. The fourth-order valence-corrected chi connectivity index (χ4v) is 1.89. The second-order valence-corrected chi connectivity index (χ2v) is 4.82. The summed E-state index contributed by atoms with van der Waals surface area (Å²) >= 11 is 3.19. The zero-order valence-corrected chi connectivity index (χ0v) is 11.8. The summed E-state index contributed by atoms with van der Waals surface area (Å²) < 4.78 is 0.624. The van der Waals surface area contributed by atoms with E-state index in [-0.39, 0.29) is 11.3 Å². The van der Waals surface area contributed by atoms with Gasteiger partial charge in [0.05, 0.1) is 17.4 Å². The molecular formula is C12H11BrN4O3. The quantitative estimate of drug-likeness (QED) is 0.685. The second kappa shape index (κ2) is 6.20. The van der Waals surface area contributed by atoms with Gasteiger partial charge in [0.1, 0.15) is 0 Å². The molecule has 0 atom stereocenters. The highest BCUT2D eigenvalue weighted by molar-refractivity contribution is 9.10. The van der Waals surface area contributed by atoms with Gasteiger partial charge in [0, 0.05) is 22.8 Å². The van der Waals surface area contributed by atoms with Gasteiger partial charge in [0.25, 0.3) is 0 Å². The number of aromatic nitrogens is 2. The Morgan fingerprint density at radius 2 is 2.20 bits per heavy atom. The summed E-state index contributed by atoms with van der Waals surface area (Å²) in [7, 11) is 0. The van der Waals surface area contributed by atoms with Crippen LogP contribution >= 0.6 is 15.9 Å². The average Bonchev–Trinajstić information content (AvgIpc) is 2.91. The smallest absolute Gasteiger partial charge is 0.337 e. The van der Waals surface area contributed by atoms with Gasteiger partial charge in [-0.15, -0.1) is 0 Å². The van der Waals surface area contributed by atoms with Gasteiger partial charge < -0.3 is 15.7 Å². The Hall–Kier alpha value is -2.35. The van der Waals surface area contributed by atoms with Crippen molar-refractivity contribution in [1.29, 1.82) is 0 Å². The first-order valence-electron chi connectivity index (χ1n) is 5.61. The highest BCUT2D eigenvalue weighted by atomic mass is 79.9. The number of carboxylic acid groups (broad SMARTS) is 1. The highest BCUT2D eigenvalue weighted by Crippen LogP contribution is 2.21. The summed E-state index contributed by atoms with van der Waals surface area (Å²) in [6.07, 6.45) is 3.24. The van der Waals surface area contributed by atoms with Crippen LogP contribution in [0, 0.1) is 0 Å². The van der Waals surface area contributed by atoms with Crippen LogP contribution in [0.3, 0.4) is 0 Å². The van der Waals surface area contributed by atoms with E-state index in [0.29, 0.717) is 11.0 Å². The van der Waals surface area contributed by atoms with Gasteiger partial charge >= 0.3 is 12.0 Å². The number of nitrogens with one attached hydrogen (secondary N) is 3. The fourth-order valence-electron chi connectivity index (χ4n) is 1.53. The van der Waals surface area contributed by atoms with Crippen LogP contribution < -0.4 is 10.6 Å². The van der Waals surface area contributed by atoms with E-state index in [9.17, 15) is 9.59 Å². The lowest BCUT2D eigenvalue weighted by molar-refractivity contribution is 0.0698. The molecule has 0 aliphatic rings. The third-order valence-electron chi connectivity index (χ3n) is 2.47. The molecule has 2 amide bonds. The van der Waals surface area contributed by atoms with E-state index in [1.165, 1.54) is 12.1 Å². The van der Waals surface area contributed by atoms with Crippen LogP contribution in [0.5, 0.6) is 0 Å². The number of aromatic carboxylic acids is 1. The van der Waals surface area contributed by atoms with Crippen molar-refractivity contribution in [3.63, 3.8) is 0 Å². The minimum Gasteiger partial charge on any atom is -0.478 e. The molecule has 8 heteroatoms. The Morgan fingerprint density at radius 1 is 1.40 bits per heavy atom. The van der Waals surface area contributed by atoms with E-state index in [0.717, 1.165) is 5.56 Å². The molecule has 0 spiro atoms. The lowest BCUT2D eigenvalue weighted by Gasteiger charge is -2.09. The number of benzene rings is 1. The molecule has 1 aromatic heterocycles. The molecule has 7 nitrogen and oxygen atoms in total. The topological polar surface area (TPSA) is 107 Å². The van der Waals surface area contributed by atoms with Crippen LogP contribution in [-0.2, 0) is 6.54 Å². The minimum atomic E-state index is -1.11. The zero-order valence-electron chi connectivity index (χ0n) is 10.2. The van der Waals surface area contributed by atoms with E-state index in [4.69, 9.17) is 5.11 Å². The number of carbonyl (C=O) groups is 2. The largest absolute Gasteiger partial charge is 0.478 e. The number of aromatic amines is 1. The average molecular weight is 339 g/mol. The zero-order chi connectivity index (χ0) is 14.5. The fraction of sp³-hybridized carbons (Fsp3) is 0.0833. The first kappa shape index (κ1) is 14.1. The Morgan fingerprint density at radius 3 is 2.85 bits per heavy atom. The lowest BCUT2D eigenvalue weighted by Crippen LogP contribution is -2.28.